The first kappa shape index (κ1) is 19.9. The van der Waals surface area contributed by atoms with Crippen molar-refractivity contribution in [3.63, 3.8) is 0 Å². The summed E-state index contributed by atoms with van der Waals surface area (Å²) in [4.78, 5) is 37.7. The van der Waals surface area contributed by atoms with E-state index in [1.807, 2.05) is 36.4 Å². The molecule has 1 atom stereocenters. The van der Waals surface area contributed by atoms with Crippen LogP contribution in [0.15, 0.2) is 47.4 Å². The average molecular weight is 391 g/mol. The van der Waals surface area contributed by atoms with Gasteiger partial charge in [-0.2, -0.15) is 0 Å². The monoisotopic (exact) mass is 391 g/mol. The molecule has 0 spiro atoms. The molecule has 0 N–H and O–H groups in total. The maximum Gasteiger partial charge on any atom is 0.329 e. The summed E-state index contributed by atoms with van der Waals surface area (Å²) in [5.74, 6) is -1.81. The van der Waals surface area contributed by atoms with Crippen molar-refractivity contribution in [2.24, 2.45) is 0 Å². The van der Waals surface area contributed by atoms with E-state index in [-0.39, 0.29) is 10.7 Å². The smallest absolute Gasteiger partial charge is 0.329 e. The van der Waals surface area contributed by atoms with Gasteiger partial charge in [-0.3, -0.25) is 14.5 Å². The zero-order valence-corrected chi connectivity index (χ0v) is 15.8. The number of thiocarbonyl (C=S) groups is 1. The molecule has 1 aromatic rings. The molecule has 2 rings (SSSR count). The van der Waals surface area contributed by atoms with Crippen LogP contribution >= 0.6 is 24.0 Å². The van der Waals surface area contributed by atoms with E-state index in [1.54, 1.807) is 12.2 Å². The molecule has 6 nitrogen and oxygen atoms in total. The number of thioether (sulfide) groups is 1. The highest BCUT2D eigenvalue weighted by Crippen LogP contribution is 2.33. The van der Waals surface area contributed by atoms with Gasteiger partial charge in [-0.25, -0.2) is 4.79 Å². The van der Waals surface area contributed by atoms with Crippen molar-refractivity contribution in [2.45, 2.75) is 12.5 Å². The predicted octanol–water partition coefficient (Wildman–Crippen LogP) is 2.55. The fourth-order valence-electron chi connectivity index (χ4n) is 2.23. The fourth-order valence-corrected chi connectivity index (χ4v) is 3.54. The van der Waals surface area contributed by atoms with E-state index in [0.29, 0.717) is 4.91 Å². The van der Waals surface area contributed by atoms with E-state index in [0.717, 1.165) is 22.2 Å². The number of ether oxygens (including phenoxy) is 2. The summed E-state index contributed by atoms with van der Waals surface area (Å²) in [5.41, 5.74) is 0.984. The molecule has 1 saturated heterocycles. The Morgan fingerprint density at radius 2 is 1.92 bits per heavy atom. The third-order valence-electron chi connectivity index (χ3n) is 3.53. The largest absolute Gasteiger partial charge is 0.469 e. The Bertz CT molecular complexity index is 773. The summed E-state index contributed by atoms with van der Waals surface area (Å²) in [6.07, 6.45) is 4.87. The van der Waals surface area contributed by atoms with Gasteiger partial charge in [-0.15, -0.1) is 0 Å². The van der Waals surface area contributed by atoms with Gasteiger partial charge < -0.3 is 9.47 Å². The van der Waals surface area contributed by atoms with Crippen LogP contribution in [-0.2, 0) is 23.9 Å². The third kappa shape index (κ3) is 4.80. The molecule has 1 aliphatic rings. The van der Waals surface area contributed by atoms with E-state index >= 15 is 0 Å². The quantitative estimate of drug-likeness (QED) is 0.419. The maximum absolute atomic E-state index is 12.6. The molecule has 136 valence electrons. The van der Waals surface area contributed by atoms with Crippen molar-refractivity contribution >= 4 is 52.2 Å². The van der Waals surface area contributed by atoms with Crippen LogP contribution in [0.2, 0.25) is 0 Å². The van der Waals surface area contributed by atoms with Crippen LogP contribution in [0.3, 0.4) is 0 Å². The first-order valence-corrected chi connectivity index (χ1v) is 8.83. The molecule has 0 radical (unpaired) electrons. The van der Waals surface area contributed by atoms with Gasteiger partial charge in [0.15, 0.2) is 0 Å². The van der Waals surface area contributed by atoms with E-state index in [1.165, 1.54) is 14.2 Å². The Morgan fingerprint density at radius 1 is 1.23 bits per heavy atom. The lowest BCUT2D eigenvalue weighted by Gasteiger charge is -2.23. The second-order valence-corrected chi connectivity index (χ2v) is 6.84. The van der Waals surface area contributed by atoms with Crippen molar-refractivity contribution in [3.05, 3.63) is 53.0 Å². The number of nitrogens with zero attached hydrogens (tertiary/aromatic N) is 1. The van der Waals surface area contributed by atoms with Gasteiger partial charge in [0.1, 0.15) is 10.4 Å². The Labute approximate surface area is 160 Å². The number of methoxy groups -OCH3 is 2. The van der Waals surface area contributed by atoms with Crippen molar-refractivity contribution < 1.29 is 23.9 Å². The van der Waals surface area contributed by atoms with E-state index in [4.69, 9.17) is 17.0 Å². The number of carbonyl (C=O) groups excluding carboxylic acids is 3. The number of rotatable bonds is 6. The van der Waals surface area contributed by atoms with Crippen LogP contribution in [0.4, 0.5) is 0 Å². The first-order chi connectivity index (χ1) is 12.5. The Balaban J connectivity index is 2.20. The zero-order chi connectivity index (χ0) is 19.1. The van der Waals surface area contributed by atoms with Crippen molar-refractivity contribution in [2.75, 3.05) is 14.2 Å². The van der Waals surface area contributed by atoms with Crippen LogP contribution in [0.1, 0.15) is 12.0 Å². The van der Waals surface area contributed by atoms with Gasteiger partial charge in [0.05, 0.1) is 25.5 Å². The van der Waals surface area contributed by atoms with Crippen LogP contribution in [0, 0.1) is 0 Å². The van der Waals surface area contributed by atoms with Crippen LogP contribution in [-0.4, -0.2) is 47.3 Å². The number of hydrogen-bond acceptors (Lipinski definition) is 7. The zero-order valence-electron chi connectivity index (χ0n) is 14.2. The molecule has 1 heterocycles. The molecule has 1 fully saturated rings. The number of esters is 2. The van der Waals surface area contributed by atoms with Gasteiger partial charge in [-0.1, -0.05) is 66.5 Å². The van der Waals surface area contributed by atoms with Crippen LogP contribution < -0.4 is 0 Å². The van der Waals surface area contributed by atoms with Crippen molar-refractivity contribution in [1.29, 1.82) is 0 Å². The normalized spacial score (nSPS) is 17.0. The average Bonchev–Trinajstić information content (AvgIpc) is 2.93. The van der Waals surface area contributed by atoms with Crippen LogP contribution in [0.5, 0.6) is 0 Å². The molecular formula is C18H17NO5S2. The predicted molar refractivity (Wildman–Crippen MR) is 103 cm³/mol. The minimum absolute atomic E-state index is 0.189. The summed E-state index contributed by atoms with van der Waals surface area (Å²) in [5, 5.41) is 0. The van der Waals surface area contributed by atoms with E-state index in [2.05, 4.69) is 4.74 Å². The number of amides is 1. The topological polar surface area (TPSA) is 72.9 Å². The molecule has 0 aromatic heterocycles. The molecule has 0 bridgehead atoms. The number of carbonyl (C=O) groups is 3. The van der Waals surface area contributed by atoms with Gasteiger partial charge in [0.2, 0.25) is 0 Å². The lowest BCUT2D eigenvalue weighted by atomic mass is 10.1. The highest BCUT2D eigenvalue weighted by molar-refractivity contribution is 8.26. The molecule has 26 heavy (non-hydrogen) atoms. The minimum Gasteiger partial charge on any atom is -0.469 e. The van der Waals surface area contributed by atoms with Crippen molar-refractivity contribution in [1.82, 2.24) is 4.90 Å². The fraction of sp³-hybridized carbons (Fsp3) is 0.222. The molecule has 1 unspecified atom stereocenters. The number of benzene rings is 1. The molecule has 0 saturated carbocycles. The van der Waals surface area contributed by atoms with E-state index in [9.17, 15) is 14.4 Å². The SMILES string of the molecule is COC(=O)CC(C(=O)OC)N1C(=O)/C(=C/C=C/c2ccccc2)SC1=S. The molecule has 8 heteroatoms. The van der Waals surface area contributed by atoms with Gasteiger partial charge >= 0.3 is 11.9 Å². The second kappa shape index (κ2) is 9.30. The van der Waals surface area contributed by atoms with Crippen molar-refractivity contribution in [3.8, 4) is 0 Å². The highest BCUT2D eigenvalue weighted by atomic mass is 32.2. The lowest BCUT2D eigenvalue weighted by Crippen LogP contribution is -2.45. The van der Waals surface area contributed by atoms with Crippen LogP contribution in [0.25, 0.3) is 6.08 Å². The summed E-state index contributed by atoms with van der Waals surface area (Å²) < 4.78 is 9.47. The molecular weight excluding hydrogens is 374 g/mol. The number of allylic oxidation sites excluding steroid dienone is 2. The lowest BCUT2D eigenvalue weighted by molar-refractivity contribution is -0.153. The molecule has 1 aromatic carbocycles. The summed E-state index contributed by atoms with van der Waals surface area (Å²) in [7, 11) is 2.39. The first-order valence-electron chi connectivity index (χ1n) is 7.61. The molecule has 0 aliphatic carbocycles. The van der Waals surface area contributed by atoms with Gasteiger partial charge in [0.25, 0.3) is 5.91 Å². The van der Waals surface area contributed by atoms with Gasteiger partial charge in [0, 0.05) is 0 Å². The Hall–Kier alpha value is -2.45. The standard InChI is InChI=1S/C18H17NO5S2/c1-23-15(20)11-13(17(22)24-2)19-16(21)14(26-18(19)25)10-6-9-12-7-4-3-5-8-12/h3-10,13H,11H2,1-2H3/b9-6+,14-10-. The Kier molecular flexibility index (Phi) is 7.11. The third-order valence-corrected chi connectivity index (χ3v) is 4.88. The number of hydrogen-bond donors (Lipinski definition) is 0. The minimum atomic E-state index is -1.15. The Morgan fingerprint density at radius 3 is 2.54 bits per heavy atom. The van der Waals surface area contributed by atoms with Gasteiger partial charge in [-0.05, 0) is 11.6 Å². The second-order valence-electron chi connectivity index (χ2n) is 5.16. The molecule has 1 amide bonds. The maximum atomic E-state index is 12.6. The summed E-state index contributed by atoms with van der Waals surface area (Å²) >= 11 is 6.28. The highest BCUT2D eigenvalue weighted by Gasteiger charge is 2.42. The molecule has 1 aliphatic heterocycles. The van der Waals surface area contributed by atoms with E-state index < -0.39 is 23.9 Å². The summed E-state index contributed by atoms with van der Waals surface area (Å²) in [6, 6.07) is 8.44. The summed E-state index contributed by atoms with van der Waals surface area (Å²) in [6.45, 7) is 0.